The molecule has 3 rings (SSSR count). The van der Waals surface area contributed by atoms with Crippen molar-refractivity contribution >= 4 is 40.9 Å². The number of hydrogen-bond donors (Lipinski definition) is 2. The van der Waals surface area contributed by atoms with Crippen LogP contribution in [0.4, 0.5) is 5.69 Å². The number of carboxylic acids is 1. The largest absolute Gasteiger partial charge is 0.484 e. The summed E-state index contributed by atoms with van der Waals surface area (Å²) in [6.07, 6.45) is 0. The molecule has 0 unspecified atom stereocenters. The van der Waals surface area contributed by atoms with Gasteiger partial charge < -0.3 is 19.7 Å². The maximum absolute atomic E-state index is 12.1. The van der Waals surface area contributed by atoms with Crippen LogP contribution < -0.4 is 10.1 Å². The van der Waals surface area contributed by atoms with Crippen LogP contribution in [0, 0.1) is 0 Å². The van der Waals surface area contributed by atoms with E-state index in [1.165, 1.54) is 23.9 Å². The maximum Gasteiger partial charge on any atom is 0.335 e. The molecular formula is C19H17ClN4O4S. The highest BCUT2D eigenvalue weighted by Crippen LogP contribution is 2.24. The zero-order valence-corrected chi connectivity index (χ0v) is 16.9. The number of benzene rings is 2. The highest BCUT2D eigenvalue weighted by molar-refractivity contribution is 7.99. The van der Waals surface area contributed by atoms with E-state index in [4.69, 9.17) is 21.4 Å². The van der Waals surface area contributed by atoms with Gasteiger partial charge in [0.1, 0.15) is 12.4 Å². The quantitative estimate of drug-likeness (QED) is 0.525. The van der Waals surface area contributed by atoms with Crippen LogP contribution in [0.5, 0.6) is 5.75 Å². The van der Waals surface area contributed by atoms with Crippen molar-refractivity contribution in [3.05, 3.63) is 64.9 Å². The number of ether oxygens (including phenoxy) is 1. The van der Waals surface area contributed by atoms with Gasteiger partial charge in [-0.05, 0) is 36.4 Å². The second-order valence-electron chi connectivity index (χ2n) is 5.90. The van der Waals surface area contributed by atoms with Gasteiger partial charge in [-0.3, -0.25) is 4.79 Å². The molecule has 1 heterocycles. The molecule has 0 saturated heterocycles. The zero-order chi connectivity index (χ0) is 20.8. The van der Waals surface area contributed by atoms with Crippen LogP contribution in [0.15, 0.2) is 53.7 Å². The minimum absolute atomic E-state index is 0.123. The lowest BCUT2D eigenvalue weighted by Gasteiger charge is -2.08. The van der Waals surface area contributed by atoms with Crippen molar-refractivity contribution in [2.24, 2.45) is 7.05 Å². The van der Waals surface area contributed by atoms with E-state index in [0.29, 0.717) is 27.4 Å². The number of carboxylic acid groups (broad SMARTS) is 1. The van der Waals surface area contributed by atoms with Gasteiger partial charge in [-0.15, -0.1) is 10.2 Å². The number of carbonyl (C=O) groups excluding carboxylic acids is 1. The Hall–Kier alpha value is -3.04. The topological polar surface area (TPSA) is 106 Å². The molecule has 0 spiro atoms. The Bertz CT molecular complexity index is 1020. The second-order valence-corrected chi connectivity index (χ2v) is 7.25. The molecule has 3 aromatic rings. The van der Waals surface area contributed by atoms with Crippen LogP contribution in [-0.4, -0.2) is 37.5 Å². The molecule has 0 saturated carbocycles. The Morgan fingerprint density at radius 3 is 2.59 bits per heavy atom. The van der Waals surface area contributed by atoms with Gasteiger partial charge in [0.25, 0.3) is 0 Å². The van der Waals surface area contributed by atoms with Gasteiger partial charge in [0.15, 0.2) is 11.0 Å². The third-order valence-electron chi connectivity index (χ3n) is 3.87. The number of para-hydroxylation sites is 1. The van der Waals surface area contributed by atoms with E-state index >= 15 is 0 Å². The summed E-state index contributed by atoms with van der Waals surface area (Å²) in [5.74, 6) is 0.0135. The van der Waals surface area contributed by atoms with Crippen molar-refractivity contribution in [3.63, 3.8) is 0 Å². The van der Waals surface area contributed by atoms with E-state index in [9.17, 15) is 9.59 Å². The molecule has 0 aliphatic rings. The van der Waals surface area contributed by atoms with E-state index in [0.717, 1.165) is 0 Å². The van der Waals surface area contributed by atoms with Crippen molar-refractivity contribution in [1.82, 2.24) is 14.8 Å². The minimum atomic E-state index is -1.02. The van der Waals surface area contributed by atoms with E-state index < -0.39 is 5.97 Å². The monoisotopic (exact) mass is 432 g/mol. The first-order valence-corrected chi connectivity index (χ1v) is 9.82. The summed E-state index contributed by atoms with van der Waals surface area (Å²) in [6, 6.07) is 13.1. The molecule has 0 aliphatic heterocycles. The Morgan fingerprint density at radius 2 is 1.90 bits per heavy atom. The summed E-state index contributed by atoms with van der Waals surface area (Å²) in [7, 11) is 1.79. The molecule has 2 N–H and O–H groups in total. The van der Waals surface area contributed by atoms with Crippen molar-refractivity contribution in [3.8, 4) is 5.75 Å². The number of thioether (sulfide) groups is 1. The Balaban J connectivity index is 1.52. The van der Waals surface area contributed by atoms with Crippen molar-refractivity contribution in [2.45, 2.75) is 11.8 Å². The summed E-state index contributed by atoms with van der Waals surface area (Å²) < 4.78 is 7.41. The van der Waals surface area contributed by atoms with E-state index in [2.05, 4.69) is 15.5 Å². The zero-order valence-electron chi connectivity index (χ0n) is 15.3. The number of carbonyl (C=O) groups is 2. The van der Waals surface area contributed by atoms with Crippen LogP contribution >= 0.6 is 23.4 Å². The van der Waals surface area contributed by atoms with Crippen LogP contribution in [0.2, 0.25) is 5.02 Å². The van der Waals surface area contributed by atoms with Gasteiger partial charge in [-0.25, -0.2) is 4.79 Å². The summed E-state index contributed by atoms with van der Waals surface area (Å²) in [4.78, 5) is 23.0. The standard InChI is InChI=1S/C19H17ClN4O4S/c1-24-16(10-28-15-5-3-2-4-14(15)20)22-23-19(24)29-11-17(25)21-13-8-6-12(7-9-13)18(26)27/h2-9H,10-11H2,1H3,(H,21,25)(H,26,27). The average molecular weight is 433 g/mol. The Labute approximate surface area is 175 Å². The van der Waals surface area contributed by atoms with Crippen LogP contribution in [0.1, 0.15) is 16.2 Å². The smallest absolute Gasteiger partial charge is 0.335 e. The third kappa shape index (κ3) is 5.49. The minimum Gasteiger partial charge on any atom is -0.484 e. The van der Waals surface area contributed by atoms with Crippen LogP contribution in [0.3, 0.4) is 0 Å². The van der Waals surface area contributed by atoms with Crippen LogP contribution in [0.25, 0.3) is 0 Å². The highest BCUT2D eigenvalue weighted by Gasteiger charge is 2.13. The van der Waals surface area contributed by atoms with Gasteiger partial charge >= 0.3 is 5.97 Å². The van der Waals surface area contributed by atoms with Gasteiger partial charge in [-0.2, -0.15) is 0 Å². The molecule has 0 aliphatic carbocycles. The fourth-order valence-electron chi connectivity index (χ4n) is 2.32. The first-order chi connectivity index (χ1) is 13.9. The predicted molar refractivity (Wildman–Crippen MR) is 110 cm³/mol. The van der Waals surface area contributed by atoms with Crippen molar-refractivity contribution in [1.29, 1.82) is 0 Å². The second kappa shape index (κ2) is 9.44. The molecule has 0 fully saturated rings. The maximum atomic E-state index is 12.1. The molecule has 150 valence electrons. The number of anilines is 1. The van der Waals surface area contributed by atoms with E-state index in [1.807, 2.05) is 12.1 Å². The molecule has 1 aromatic heterocycles. The number of halogens is 1. The number of hydrogen-bond acceptors (Lipinski definition) is 6. The molecule has 2 aromatic carbocycles. The molecule has 10 heteroatoms. The molecule has 8 nitrogen and oxygen atoms in total. The lowest BCUT2D eigenvalue weighted by atomic mass is 10.2. The number of nitrogens with zero attached hydrogens (tertiary/aromatic N) is 3. The molecule has 0 atom stereocenters. The SMILES string of the molecule is Cn1c(COc2ccccc2Cl)nnc1SCC(=O)Nc1ccc(C(=O)O)cc1. The molecule has 1 amide bonds. The lowest BCUT2D eigenvalue weighted by Crippen LogP contribution is -2.14. The van der Waals surface area contributed by atoms with Gasteiger partial charge in [0.05, 0.1) is 16.3 Å². The number of aromatic nitrogens is 3. The highest BCUT2D eigenvalue weighted by atomic mass is 35.5. The van der Waals surface area contributed by atoms with E-state index in [-0.39, 0.29) is 23.8 Å². The summed E-state index contributed by atoms with van der Waals surface area (Å²) in [5.41, 5.74) is 0.676. The predicted octanol–water partition coefficient (Wildman–Crippen LogP) is 3.48. The first-order valence-electron chi connectivity index (χ1n) is 8.45. The van der Waals surface area contributed by atoms with Crippen LogP contribution in [-0.2, 0) is 18.4 Å². The normalized spacial score (nSPS) is 10.6. The van der Waals surface area contributed by atoms with Gasteiger partial charge in [-0.1, -0.05) is 35.5 Å². The lowest BCUT2D eigenvalue weighted by molar-refractivity contribution is -0.113. The van der Waals surface area contributed by atoms with Crippen molar-refractivity contribution < 1.29 is 19.4 Å². The fourth-order valence-corrected chi connectivity index (χ4v) is 3.24. The third-order valence-corrected chi connectivity index (χ3v) is 5.20. The number of aromatic carboxylic acids is 1. The van der Waals surface area contributed by atoms with Gasteiger partial charge in [0, 0.05) is 12.7 Å². The summed E-state index contributed by atoms with van der Waals surface area (Å²) in [6.45, 7) is 0.190. The summed E-state index contributed by atoms with van der Waals surface area (Å²) >= 11 is 7.29. The average Bonchev–Trinajstić information content (AvgIpc) is 3.06. The number of rotatable bonds is 8. The first kappa shape index (κ1) is 20.7. The molecule has 29 heavy (non-hydrogen) atoms. The van der Waals surface area contributed by atoms with Gasteiger partial charge in [0.2, 0.25) is 5.91 Å². The fraction of sp³-hybridized carbons (Fsp3) is 0.158. The Morgan fingerprint density at radius 1 is 1.17 bits per heavy atom. The summed E-state index contributed by atoms with van der Waals surface area (Å²) in [5, 5.41) is 20.8. The number of amides is 1. The molecule has 0 radical (unpaired) electrons. The number of nitrogens with one attached hydrogen (secondary N) is 1. The molecule has 0 bridgehead atoms. The molecular weight excluding hydrogens is 416 g/mol. The Kier molecular flexibility index (Phi) is 6.73. The van der Waals surface area contributed by atoms with Crippen molar-refractivity contribution in [2.75, 3.05) is 11.1 Å². The van der Waals surface area contributed by atoms with E-state index in [1.54, 1.807) is 35.9 Å².